The quantitative estimate of drug-likeness (QED) is 0.234. The molecule has 0 aromatic rings. The summed E-state index contributed by atoms with van der Waals surface area (Å²) in [6.45, 7) is 7.63. The van der Waals surface area contributed by atoms with E-state index in [1.54, 1.807) is 12.2 Å². The van der Waals surface area contributed by atoms with Crippen LogP contribution in [0.1, 0.15) is 70.6 Å². The Morgan fingerprint density at radius 1 is 0.609 bits per heavy atom. The van der Waals surface area contributed by atoms with Crippen LogP contribution in [0.25, 0.3) is 0 Å². The van der Waals surface area contributed by atoms with Gasteiger partial charge in [0, 0.05) is 12.8 Å². The van der Waals surface area contributed by atoms with Crippen molar-refractivity contribution in [2.75, 3.05) is 13.2 Å². The van der Waals surface area contributed by atoms with E-state index in [0.29, 0.717) is 26.1 Å². The molecule has 0 bridgehead atoms. The van der Waals surface area contributed by atoms with Crippen molar-refractivity contribution in [3.05, 3.63) is 25.3 Å². The summed E-state index contributed by atoms with van der Waals surface area (Å²) in [5, 5.41) is 0. The smallest absolute Gasteiger partial charge is 0.306 e. The second-order valence-corrected chi connectivity index (χ2v) is 5.63. The monoisotopic (exact) mass is 324 g/mol. The lowest BCUT2D eigenvalue weighted by atomic mass is 10.1. The van der Waals surface area contributed by atoms with Gasteiger partial charge < -0.3 is 9.47 Å². The van der Waals surface area contributed by atoms with Crippen LogP contribution in [0.4, 0.5) is 0 Å². The van der Waals surface area contributed by atoms with Gasteiger partial charge in [-0.15, -0.1) is 0 Å². The number of unbranched alkanes of at least 4 members (excludes halogenated alkanes) is 8. The molecule has 0 fully saturated rings. The van der Waals surface area contributed by atoms with Crippen LogP contribution >= 0.6 is 0 Å². The Kier molecular flexibility index (Phi) is 15.6. The fraction of sp³-hybridized carbons (Fsp3) is 0.684. The van der Waals surface area contributed by atoms with Gasteiger partial charge in [0.2, 0.25) is 0 Å². The number of ether oxygens (including phenoxy) is 2. The van der Waals surface area contributed by atoms with Crippen LogP contribution in [-0.2, 0) is 19.1 Å². The molecule has 0 atom stereocenters. The molecule has 4 nitrogen and oxygen atoms in total. The van der Waals surface area contributed by atoms with Crippen molar-refractivity contribution in [3.8, 4) is 0 Å². The standard InChI is InChI=1S/C19H32O4/c1-3-16-22-18(20)14-12-10-8-6-5-7-9-11-13-15-19(21)23-17-4-2/h3-4H,1-2,5-17H2. The van der Waals surface area contributed by atoms with E-state index in [2.05, 4.69) is 13.2 Å². The lowest BCUT2D eigenvalue weighted by Gasteiger charge is -2.04. The van der Waals surface area contributed by atoms with Gasteiger partial charge in [0.25, 0.3) is 0 Å². The molecule has 23 heavy (non-hydrogen) atoms. The summed E-state index contributed by atoms with van der Waals surface area (Å²) in [6, 6.07) is 0. The average molecular weight is 324 g/mol. The van der Waals surface area contributed by atoms with E-state index in [1.165, 1.54) is 32.1 Å². The Labute approximate surface area is 140 Å². The summed E-state index contributed by atoms with van der Waals surface area (Å²) in [4.78, 5) is 22.5. The zero-order valence-electron chi connectivity index (χ0n) is 14.4. The summed E-state index contributed by atoms with van der Waals surface area (Å²) < 4.78 is 9.83. The van der Waals surface area contributed by atoms with E-state index in [1.807, 2.05) is 0 Å². The normalized spacial score (nSPS) is 10.1. The second kappa shape index (κ2) is 16.8. The summed E-state index contributed by atoms with van der Waals surface area (Å²) in [5.41, 5.74) is 0. The number of hydrogen-bond donors (Lipinski definition) is 0. The SMILES string of the molecule is C=CCOC(=O)CCCCCCCCCCCC(=O)OCC=C. The predicted octanol–water partition coefficient (Wildman–Crippen LogP) is 4.74. The van der Waals surface area contributed by atoms with Gasteiger partial charge in [0.15, 0.2) is 0 Å². The highest BCUT2D eigenvalue weighted by Crippen LogP contribution is 2.11. The summed E-state index contributed by atoms with van der Waals surface area (Å²) in [5.74, 6) is -0.256. The Morgan fingerprint density at radius 3 is 1.22 bits per heavy atom. The molecule has 0 rings (SSSR count). The maximum absolute atomic E-state index is 11.2. The maximum atomic E-state index is 11.2. The van der Waals surface area contributed by atoms with E-state index in [-0.39, 0.29) is 11.9 Å². The fourth-order valence-electron chi connectivity index (χ4n) is 2.22. The first-order valence-electron chi connectivity index (χ1n) is 8.73. The molecule has 0 amide bonds. The molecule has 0 aromatic carbocycles. The van der Waals surface area contributed by atoms with Crippen molar-refractivity contribution in [1.82, 2.24) is 0 Å². The molecule has 0 unspecified atom stereocenters. The third kappa shape index (κ3) is 16.6. The molecule has 0 N–H and O–H groups in total. The van der Waals surface area contributed by atoms with Crippen LogP contribution in [0.3, 0.4) is 0 Å². The Morgan fingerprint density at radius 2 is 0.913 bits per heavy atom. The molecule has 0 saturated heterocycles. The second-order valence-electron chi connectivity index (χ2n) is 5.63. The predicted molar refractivity (Wildman–Crippen MR) is 93.1 cm³/mol. The molecular formula is C19H32O4. The van der Waals surface area contributed by atoms with E-state index < -0.39 is 0 Å². The molecule has 0 radical (unpaired) electrons. The average Bonchev–Trinajstić information content (AvgIpc) is 2.55. The molecule has 4 heteroatoms. The van der Waals surface area contributed by atoms with E-state index >= 15 is 0 Å². The summed E-state index contributed by atoms with van der Waals surface area (Å²) in [6.07, 6.45) is 14.2. The number of carbonyl (C=O) groups excluding carboxylic acids is 2. The van der Waals surface area contributed by atoms with Crippen molar-refractivity contribution in [3.63, 3.8) is 0 Å². The third-order valence-electron chi connectivity index (χ3n) is 3.49. The first-order valence-corrected chi connectivity index (χ1v) is 8.73. The van der Waals surface area contributed by atoms with Crippen LogP contribution in [-0.4, -0.2) is 25.2 Å². The van der Waals surface area contributed by atoms with Crippen LogP contribution in [0, 0.1) is 0 Å². The number of esters is 2. The lowest BCUT2D eigenvalue weighted by molar-refractivity contribution is -0.143. The molecular weight excluding hydrogens is 292 g/mol. The molecule has 0 heterocycles. The molecule has 0 aliphatic carbocycles. The van der Waals surface area contributed by atoms with Crippen molar-refractivity contribution in [1.29, 1.82) is 0 Å². The van der Waals surface area contributed by atoms with Crippen molar-refractivity contribution < 1.29 is 19.1 Å². The van der Waals surface area contributed by atoms with Gasteiger partial charge in [-0.05, 0) is 12.8 Å². The molecule has 0 spiro atoms. The Hall–Kier alpha value is -1.58. The zero-order chi connectivity index (χ0) is 17.2. The van der Waals surface area contributed by atoms with Crippen molar-refractivity contribution >= 4 is 11.9 Å². The number of carbonyl (C=O) groups is 2. The molecule has 132 valence electrons. The highest BCUT2D eigenvalue weighted by atomic mass is 16.5. The topological polar surface area (TPSA) is 52.6 Å². The van der Waals surface area contributed by atoms with E-state index in [4.69, 9.17) is 9.47 Å². The third-order valence-corrected chi connectivity index (χ3v) is 3.49. The van der Waals surface area contributed by atoms with E-state index in [0.717, 1.165) is 25.7 Å². The fourth-order valence-corrected chi connectivity index (χ4v) is 2.22. The van der Waals surface area contributed by atoms with Crippen LogP contribution in [0.5, 0.6) is 0 Å². The molecule has 0 aliphatic heterocycles. The van der Waals surface area contributed by atoms with Crippen molar-refractivity contribution in [2.45, 2.75) is 70.6 Å². The first-order chi connectivity index (χ1) is 11.2. The zero-order valence-corrected chi connectivity index (χ0v) is 14.4. The summed E-state index contributed by atoms with van der Waals surface area (Å²) >= 11 is 0. The minimum Gasteiger partial charge on any atom is -0.461 e. The van der Waals surface area contributed by atoms with Crippen LogP contribution in [0.15, 0.2) is 25.3 Å². The maximum Gasteiger partial charge on any atom is 0.306 e. The Bertz CT molecular complexity index is 304. The Balaban J connectivity index is 3.18. The number of rotatable bonds is 16. The van der Waals surface area contributed by atoms with Gasteiger partial charge in [-0.1, -0.05) is 70.3 Å². The van der Waals surface area contributed by atoms with Crippen molar-refractivity contribution in [2.24, 2.45) is 0 Å². The largest absolute Gasteiger partial charge is 0.461 e. The van der Waals surface area contributed by atoms with Crippen LogP contribution in [0.2, 0.25) is 0 Å². The van der Waals surface area contributed by atoms with Gasteiger partial charge in [-0.2, -0.15) is 0 Å². The molecule has 0 aliphatic rings. The van der Waals surface area contributed by atoms with Gasteiger partial charge in [0.1, 0.15) is 13.2 Å². The van der Waals surface area contributed by atoms with Crippen LogP contribution < -0.4 is 0 Å². The van der Waals surface area contributed by atoms with E-state index in [9.17, 15) is 9.59 Å². The minimum atomic E-state index is -0.128. The van der Waals surface area contributed by atoms with Gasteiger partial charge in [-0.25, -0.2) is 0 Å². The van der Waals surface area contributed by atoms with Gasteiger partial charge in [-0.3, -0.25) is 9.59 Å². The lowest BCUT2D eigenvalue weighted by Crippen LogP contribution is -2.03. The molecule has 0 saturated carbocycles. The van der Waals surface area contributed by atoms with Gasteiger partial charge in [0.05, 0.1) is 0 Å². The summed E-state index contributed by atoms with van der Waals surface area (Å²) in [7, 11) is 0. The first kappa shape index (κ1) is 21.4. The number of hydrogen-bond acceptors (Lipinski definition) is 4. The minimum absolute atomic E-state index is 0.128. The molecule has 0 aromatic heterocycles. The highest BCUT2D eigenvalue weighted by molar-refractivity contribution is 5.69. The van der Waals surface area contributed by atoms with Gasteiger partial charge >= 0.3 is 11.9 Å². The highest BCUT2D eigenvalue weighted by Gasteiger charge is 2.02.